The number of methoxy groups -OCH3 is 1. The Hall–Kier alpha value is -3.13. The normalized spacial score (nSPS) is 12.7. The van der Waals surface area contributed by atoms with Crippen LogP contribution in [0.3, 0.4) is 0 Å². The van der Waals surface area contributed by atoms with Crippen molar-refractivity contribution in [3.63, 3.8) is 0 Å². The third-order valence-corrected chi connectivity index (χ3v) is 4.61. The molecule has 2 aromatic rings. The Morgan fingerprint density at radius 3 is 2.79 bits per heavy atom. The van der Waals surface area contributed by atoms with Crippen LogP contribution in [0.25, 0.3) is 11.3 Å². The molecule has 0 aliphatic heterocycles. The lowest BCUT2D eigenvalue weighted by atomic mass is 10.0. The number of anilines is 2. The van der Waals surface area contributed by atoms with Gasteiger partial charge in [-0.1, -0.05) is 26.3 Å². The second kappa shape index (κ2) is 10.4. The number of hydrogen-bond donors (Lipinski definition) is 4. The summed E-state index contributed by atoms with van der Waals surface area (Å²) in [5.41, 5.74) is 8.59. The zero-order valence-electron chi connectivity index (χ0n) is 17.1. The number of nitrogens with zero attached hydrogens (tertiary/aromatic N) is 1. The van der Waals surface area contributed by atoms with Gasteiger partial charge in [-0.25, -0.2) is 9.78 Å². The monoisotopic (exact) mass is 399 g/mol. The van der Waals surface area contributed by atoms with Gasteiger partial charge in [-0.3, -0.25) is 10.1 Å². The second-order valence-electron chi connectivity index (χ2n) is 6.96. The first-order valence-corrected chi connectivity index (χ1v) is 9.58. The minimum Gasteiger partial charge on any atom is -0.453 e. The van der Waals surface area contributed by atoms with Crippen molar-refractivity contribution in [2.75, 3.05) is 17.7 Å². The van der Waals surface area contributed by atoms with Crippen molar-refractivity contribution in [2.24, 2.45) is 11.7 Å². The number of nitrogens with one attached hydrogen (secondary N) is 3. The predicted molar refractivity (Wildman–Crippen MR) is 114 cm³/mol. The maximum atomic E-state index is 12.5. The number of carbonyl (C=O) groups excluding carboxylic acids is 2. The minimum absolute atomic E-state index is 0.0982. The Morgan fingerprint density at radius 1 is 1.38 bits per heavy atom. The number of nitrogens with two attached hydrogens (primary N) is 1. The Balaban J connectivity index is 2.35. The van der Waals surface area contributed by atoms with Gasteiger partial charge in [0.1, 0.15) is 5.82 Å². The number of aromatic amines is 1. The molecule has 2 amide bonds. The van der Waals surface area contributed by atoms with Crippen molar-refractivity contribution in [3.05, 3.63) is 42.9 Å². The minimum atomic E-state index is -0.589. The largest absolute Gasteiger partial charge is 0.453 e. The van der Waals surface area contributed by atoms with Crippen molar-refractivity contribution in [2.45, 2.75) is 39.2 Å². The molecular weight excluding hydrogens is 370 g/mol. The van der Waals surface area contributed by atoms with Crippen molar-refractivity contribution < 1.29 is 14.3 Å². The molecule has 1 unspecified atom stereocenters. The average Bonchev–Trinajstić information content (AvgIpc) is 3.18. The summed E-state index contributed by atoms with van der Waals surface area (Å²) in [6.45, 7) is 7.77. The zero-order valence-corrected chi connectivity index (χ0v) is 17.1. The molecule has 0 fully saturated rings. The van der Waals surface area contributed by atoms with E-state index in [1.54, 1.807) is 30.5 Å². The van der Waals surface area contributed by atoms with Crippen LogP contribution in [0, 0.1) is 5.92 Å². The van der Waals surface area contributed by atoms with Crippen LogP contribution < -0.4 is 16.4 Å². The van der Waals surface area contributed by atoms with Crippen molar-refractivity contribution in [3.8, 4) is 11.3 Å². The van der Waals surface area contributed by atoms with E-state index < -0.39 is 6.09 Å². The lowest BCUT2D eigenvalue weighted by molar-refractivity contribution is -0.117. The first kappa shape index (κ1) is 22.2. The second-order valence-corrected chi connectivity index (χ2v) is 6.96. The molecule has 5 N–H and O–H groups in total. The molecule has 1 heterocycles. The molecular formula is C21H29N5O3. The van der Waals surface area contributed by atoms with Crippen LogP contribution in [-0.2, 0) is 9.53 Å². The molecule has 8 nitrogen and oxygen atoms in total. The quantitative estimate of drug-likeness (QED) is 0.471. The number of aromatic nitrogens is 2. The van der Waals surface area contributed by atoms with Crippen LogP contribution in [0.1, 0.15) is 45.0 Å². The van der Waals surface area contributed by atoms with Gasteiger partial charge in [0.15, 0.2) is 0 Å². The Labute approximate surface area is 170 Å². The summed E-state index contributed by atoms with van der Waals surface area (Å²) in [5.74, 6) is 0.804. The van der Waals surface area contributed by atoms with Crippen LogP contribution in [-0.4, -0.2) is 29.1 Å². The summed E-state index contributed by atoms with van der Waals surface area (Å²) in [6.07, 6.45) is 4.73. The van der Waals surface area contributed by atoms with Gasteiger partial charge < -0.3 is 20.8 Å². The van der Waals surface area contributed by atoms with E-state index in [2.05, 4.69) is 31.9 Å². The first-order valence-electron chi connectivity index (χ1n) is 9.58. The summed E-state index contributed by atoms with van der Waals surface area (Å²) >= 11 is 0. The number of imidazole rings is 1. The molecule has 29 heavy (non-hydrogen) atoms. The van der Waals surface area contributed by atoms with Crippen molar-refractivity contribution >= 4 is 23.4 Å². The van der Waals surface area contributed by atoms with E-state index >= 15 is 0 Å². The van der Waals surface area contributed by atoms with Gasteiger partial charge in [-0.15, -0.1) is 6.58 Å². The van der Waals surface area contributed by atoms with Gasteiger partial charge in [0.2, 0.25) is 5.91 Å². The molecule has 0 aliphatic carbocycles. The molecule has 0 radical (unpaired) electrons. The van der Waals surface area contributed by atoms with Gasteiger partial charge in [-0.2, -0.15) is 0 Å². The third kappa shape index (κ3) is 6.18. The Morgan fingerprint density at radius 2 is 2.14 bits per heavy atom. The molecule has 1 aromatic carbocycles. The fourth-order valence-corrected chi connectivity index (χ4v) is 2.74. The highest BCUT2D eigenvalue weighted by atomic mass is 16.5. The Kier molecular flexibility index (Phi) is 7.97. The predicted octanol–water partition coefficient (Wildman–Crippen LogP) is 4.21. The topological polar surface area (TPSA) is 122 Å². The van der Waals surface area contributed by atoms with Crippen LogP contribution in [0.2, 0.25) is 0 Å². The average molecular weight is 399 g/mol. The number of H-pyrrole nitrogens is 1. The van der Waals surface area contributed by atoms with Crippen LogP contribution in [0.5, 0.6) is 0 Å². The van der Waals surface area contributed by atoms with Crippen LogP contribution >= 0.6 is 0 Å². The van der Waals surface area contributed by atoms with Gasteiger partial charge in [0.25, 0.3) is 0 Å². The van der Waals surface area contributed by atoms with Crippen molar-refractivity contribution in [1.29, 1.82) is 0 Å². The molecule has 0 bridgehead atoms. The number of hydrogen-bond acceptors (Lipinski definition) is 5. The fraction of sp³-hybridized carbons (Fsp3) is 0.381. The molecule has 1 aromatic heterocycles. The van der Waals surface area contributed by atoms with E-state index in [0.717, 1.165) is 12.0 Å². The number of benzene rings is 1. The molecule has 8 heteroatoms. The molecule has 2 atom stereocenters. The highest BCUT2D eigenvalue weighted by Crippen LogP contribution is 2.31. The summed E-state index contributed by atoms with van der Waals surface area (Å²) in [6, 6.07) is 4.91. The fourth-order valence-electron chi connectivity index (χ4n) is 2.74. The van der Waals surface area contributed by atoms with Crippen molar-refractivity contribution in [1.82, 2.24) is 9.97 Å². The summed E-state index contributed by atoms with van der Waals surface area (Å²) in [4.78, 5) is 31.6. The molecule has 2 rings (SSSR count). The standard InChI is InChI=1S/C21H29N5O3/c1-5-7-16(22)20-23-12-18(26-20)15-9-8-14(24-21(28)29-4)11-17(15)25-19(27)10-13(3)6-2/h5,8-9,11-13,16H,1,6-7,10,22H2,2-4H3,(H,23,26)(H,24,28)(H,25,27)/t13?,16-/m0/s1. The molecule has 0 spiro atoms. The van der Waals surface area contributed by atoms with E-state index in [1.807, 2.05) is 13.8 Å². The van der Waals surface area contributed by atoms with E-state index in [0.29, 0.717) is 35.7 Å². The maximum absolute atomic E-state index is 12.5. The molecule has 156 valence electrons. The molecule has 0 saturated heterocycles. The van der Waals surface area contributed by atoms with E-state index in [1.165, 1.54) is 7.11 Å². The SMILES string of the molecule is C=CC[C@H](N)c1ncc(-c2ccc(NC(=O)OC)cc2NC(=O)CC(C)CC)[nH]1. The third-order valence-electron chi connectivity index (χ3n) is 4.61. The summed E-state index contributed by atoms with van der Waals surface area (Å²) < 4.78 is 4.63. The number of amides is 2. The van der Waals surface area contributed by atoms with Crippen LogP contribution in [0.4, 0.5) is 16.2 Å². The van der Waals surface area contributed by atoms with Gasteiger partial charge in [0, 0.05) is 17.7 Å². The number of ether oxygens (including phenoxy) is 1. The highest BCUT2D eigenvalue weighted by molar-refractivity contribution is 5.97. The number of rotatable bonds is 9. The van der Waals surface area contributed by atoms with E-state index in [-0.39, 0.29) is 17.9 Å². The van der Waals surface area contributed by atoms with Gasteiger partial charge in [-0.05, 0) is 30.5 Å². The maximum Gasteiger partial charge on any atom is 0.411 e. The lowest BCUT2D eigenvalue weighted by Gasteiger charge is -2.14. The molecule has 0 aliphatic rings. The smallest absolute Gasteiger partial charge is 0.411 e. The van der Waals surface area contributed by atoms with Gasteiger partial charge in [0.05, 0.1) is 30.7 Å². The lowest BCUT2D eigenvalue weighted by Crippen LogP contribution is -2.16. The molecule has 0 saturated carbocycles. The van der Waals surface area contributed by atoms with Crippen LogP contribution in [0.15, 0.2) is 37.1 Å². The highest BCUT2D eigenvalue weighted by Gasteiger charge is 2.16. The Bertz CT molecular complexity index is 862. The number of carbonyl (C=O) groups is 2. The summed E-state index contributed by atoms with van der Waals surface area (Å²) in [7, 11) is 1.29. The van der Waals surface area contributed by atoms with Gasteiger partial charge >= 0.3 is 6.09 Å². The van der Waals surface area contributed by atoms with E-state index in [9.17, 15) is 9.59 Å². The first-order chi connectivity index (χ1) is 13.9. The summed E-state index contributed by atoms with van der Waals surface area (Å²) in [5, 5.41) is 5.55. The zero-order chi connectivity index (χ0) is 21.4. The van der Waals surface area contributed by atoms with E-state index in [4.69, 9.17) is 5.73 Å².